The minimum Gasteiger partial charge on any atom is -0.307 e. The molecule has 0 rings (SSSR count). The van der Waals surface area contributed by atoms with Crippen LogP contribution in [0.25, 0.3) is 0 Å². The van der Waals surface area contributed by atoms with Gasteiger partial charge >= 0.3 is 0 Å². The van der Waals surface area contributed by atoms with Crippen LogP contribution in [-0.4, -0.2) is 36.7 Å². The van der Waals surface area contributed by atoms with E-state index in [1.807, 2.05) is 0 Å². The van der Waals surface area contributed by atoms with Gasteiger partial charge in [0, 0.05) is 0 Å². The Kier molecular flexibility index (Phi) is 8.90. The minimum atomic E-state index is -0.215. The molecule has 17 heavy (non-hydrogen) atoms. The Morgan fingerprint density at radius 1 is 0.882 bits per heavy atom. The minimum absolute atomic E-state index is 0.1000. The quantitative estimate of drug-likeness (QED) is 0.606. The summed E-state index contributed by atoms with van der Waals surface area (Å²) in [6, 6.07) is -0.429. The van der Waals surface area contributed by atoms with Crippen LogP contribution >= 0.6 is 0 Å². The fourth-order valence-electron chi connectivity index (χ4n) is 1.66. The van der Waals surface area contributed by atoms with Crippen LogP contribution in [0.2, 0.25) is 0 Å². The molecule has 0 aliphatic carbocycles. The first-order valence-corrected chi connectivity index (χ1v) is 6.50. The van der Waals surface area contributed by atoms with Crippen LogP contribution in [0.5, 0.6) is 0 Å². The number of hydrogen-bond donors (Lipinski definition) is 2. The first-order chi connectivity index (χ1) is 8.02. The van der Waals surface area contributed by atoms with Crippen LogP contribution in [0.1, 0.15) is 47.0 Å². The van der Waals surface area contributed by atoms with Crippen molar-refractivity contribution in [3.05, 3.63) is 0 Å². The van der Waals surface area contributed by atoms with E-state index in [0.717, 1.165) is 25.9 Å². The van der Waals surface area contributed by atoms with Crippen molar-refractivity contribution in [2.45, 2.75) is 59.0 Å². The molecule has 2 atom stereocenters. The zero-order valence-electron chi connectivity index (χ0n) is 11.5. The molecule has 100 valence electrons. The Hall–Kier alpha value is -0.740. The summed E-state index contributed by atoms with van der Waals surface area (Å²) < 4.78 is 0. The Labute approximate surface area is 105 Å². The second-order valence-corrected chi connectivity index (χ2v) is 4.47. The molecule has 4 heteroatoms. The van der Waals surface area contributed by atoms with Gasteiger partial charge in [0.15, 0.2) is 0 Å². The van der Waals surface area contributed by atoms with Crippen molar-refractivity contribution in [1.29, 1.82) is 0 Å². The van der Waals surface area contributed by atoms with E-state index in [2.05, 4.69) is 24.5 Å². The highest BCUT2D eigenvalue weighted by Crippen LogP contribution is 2.02. The van der Waals surface area contributed by atoms with Crippen LogP contribution in [0.3, 0.4) is 0 Å². The second-order valence-electron chi connectivity index (χ2n) is 4.47. The van der Waals surface area contributed by atoms with Gasteiger partial charge in [-0.3, -0.25) is 9.59 Å². The summed E-state index contributed by atoms with van der Waals surface area (Å²) in [4.78, 5) is 23.0. The first-order valence-electron chi connectivity index (χ1n) is 6.50. The number of rotatable bonds is 10. The van der Waals surface area contributed by atoms with Gasteiger partial charge in [-0.2, -0.15) is 0 Å². The van der Waals surface area contributed by atoms with Gasteiger partial charge < -0.3 is 10.6 Å². The lowest BCUT2D eigenvalue weighted by Crippen LogP contribution is -2.45. The monoisotopic (exact) mass is 242 g/mol. The number of carbonyl (C=O) groups excluding carboxylic acids is 2. The summed E-state index contributed by atoms with van der Waals surface area (Å²) >= 11 is 0. The van der Waals surface area contributed by atoms with Crippen molar-refractivity contribution in [2.24, 2.45) is 0 Å². The molecule has 0 saturated heterocycles. The van der Waals surface area contributed by atoms with Gasteiger partial charge in [-0.15, -0.1) is 0 Å². The lowest BCUT2D eigenvalue weighted by atomic mass is 10.0. The summed E-state index contributed by atoms with van der Waals surface area (Å²) in [6.07, 6.45) is 2.51. The number of carbonyl (C=O) groups is 2. The lowest BCUT2D eigenvalue weighted by Gasteiger charge is -2.22. The van der Waals surface area contributed by atoms with Crippen molar-refractivity contribution in [1.82, 2.24) is 10.6 Å². The zero-order valence-corrected chi connectivity index (χ0v) is 11.5. The van der Waals surface area contributed by atoms with E-state index in [4.69, 9.17) is 0 Å². The SMILES string of the molecule is CCCNC(CC(NCCC)C(C)=O)C(C)=O. The van der Waals surface area contributed by atoms with Crippen LogP contribution in [0.15, 0.2) is 0 Å². The highest BCUT2D eigenvalue weighted by Gasteiger charge is 2.21. The van der Waals surface area contributed by atoms with E-state index >= 15 is 0 Å². The van der Waals surface area contributed by atoms with E-state index in [1.165, 1.54) is 0 Å². The van der Waals surface area contributed by atoms with Gasteiger partial charge in [0.25, 0.3) is 0 Å². The molecule has 0 aliphatic heterocycles. The molecule has 0 saturated carbocycles. The van der Waals surface area contributed by atoms with Crippen molar-refractivity contribution in [2.75, 3.05) is 13.1 Å². The van der Waals surface area contributed by atoms with Crippen molar-refractivity contribution < 1.29 is 9.59 Å². The molecule has 0 aromatic carbocycles. The highest BCUT2D eigenvalue weighted by molar-refractivity contribution is 5.85. The molecule has 0 bridgehead atoms. The third-order valence-electron chi connectivity index (χ3n) is 2.73. The maximum Gasteiger partial charge on any atom is 0.146 e. The number of nitrogens with one attached hydrogen (secondary N) is 2. The molecule has 0 aliphatic rings. The predicted octanol–water partition coefficient (Wildman–Crippen LogP) is 1.29. The van der Waals surface area contributed by atoms with E-state index in [1.54, 1.807) is 13.8 Å². The standard InChI is InChI=1S/C13H26N2O2/c1-5-7-14-12(10(3)16)9-13(11(4)17)15-8-6-2/h12-15H,5-9H2,1-4H3. The molecular weight excluding hydrogens is 216 g/mol. The molecule has 0 aromatic rings. The smallest absolute Gasteiger partial charge is 0.146 e. The van der Waals surface area contributed by atoms with Crippen LogP contribution in [0.4, 0.5) is 0 Å². The third-order valence-corrected chi connectivity index (χ3v) is 2.73. The maximum absolute atomic E-state index is 11.5. The molecule has 0 radical (unpaired) electrons. The van der Waals surface area contributed by atoms with Crippen molar-refractivity contribution in [3.63, 3.8) is 0 Å². The van der Waals surface area contributed by atoms with Gasteiger partial charge in [-0.25, -0.2) is 0 Å². The molecule has 0 fully saturated rings. The predicted molar refractivity (Wildman–Crippen MR) is 70.1 cm³/mol. The van der Waals surface area contributed by atoms with Crippen LogP contribution in [0, 0.1) is 0 Å². The Morgan fingerprint density at radius 3 is 1.47 bits per heavy atom. The fourth-order valence-corrected chi connectivity index (χ4v) is 1.66. The molecule has 2 unspecified atom stereocenters. The third kappa shape index (κ3) is 7.23. The molecule has 0 spiro atoms. The second kappa shape index (κ2) is 9.31. The average Bonchev–Trinajstić information content (AvgIpc) is 2.27. The van der Waals surface area contributed by atoms with Gasteiger partial charge in [0.2, 0.25) is 0 Å². The highest BCUT2D eigenvalue weighted by atomic mass is 16.1. The summed E-state index contributed by atoms with van der Waals surface area (Å²) in [7, 11) is 0. The summed E-state index contributed by atoms with van der Waals surface area (Å²) in [5, 5.41) is 6.38. The van der Waals surface area contributed by atoms with Crippen molar-refractivity contribution >= 4 is 11.6 Å². The molecule has 0 aromatic heterocycles. The Balaban J connectivity index is 4.34. The topological polar surface area (TPSA) is 58.2 Å². The summed E-state index contributed by atoms with van der Waals surface area (Å²) in [5.41, 5.74) is 0. The van der Waals surface area contributed by atoms with E-state index in [9.17, 15) is 9.59 Å². The number of Topliss-reactive ketones (excluding diaryl/α,β-unsaturated/α-hetero) is 2. The van der Waals surface area contributed by atoms with Crippen LogP contribution < -0.4 is 10.6 Å². The normalized spacial score (nSPS) is 14.4. The molecular formula is C13H26N2O2. The van der Waals surface area contributed by atoms with Gasteiger partial charge in [0.1, 0.15) is 11.6 Å². The van der Waals surface area contributed by atoms with E-state index in [0.29, 0.717) is 6.42 Å². The van der Waals surface area contributed by atoms with E-state index < -0.39 is 0 Å². The number of ketones is 2. The van der Waals surface area contributed by atoms with Gasteiger partial charge in [-0.1, -0.05) is 13.8 Å². The summed E-state index contributed by atoms with van der Waals surface area (Å²) in [6.45, 7) is 8.88. The maximum atomic E-state index is 11.5. The van der Waals surface area contributed by atoms with E-state index in [-0.39, 0.29) is 23.7 Å². The Bertz CT molecular complexity index is 218. The zero-order chi connectivity index (χ0) is 13.3. The first kappa shape index (κ1) is 16.3. The largest absolute Gasteiger partial charge is 0.307 e. The molecule has 4 nitrogen and oxygen atoms in total. The average molecular weight is 242 g/mol. The van der Waals surface area contributed by atoms with Gasteiger partial charge in [-0.05, 0) is 46.2 Å². The molecule has 2 N–H and O–H groups in total. The fraction of sp³-hybridized carbons (Fsp3) is 0.846. The molecule has 0 amide bonds. The molecule has 0 heterocycles. The van der Waals surface area contributed by atoms with Gasteiger partial charge in [0.05, 0.1) is 12.1 Å². The number of hydrogen-bond acceptors (Lipinski definition) is 4. The van der Waals surface area contributed by atoms with Crippen LogP contribution in [-0.2, 0) is 9.59 Å². The van der Waals surface area contributed by atoms with Crippen molar-refractivity contribution in [3.8, 4) is 0 Å². The lowest BCUT2D eigenvalue weighted by molar-refractivity contribution is -0.121. The Morgan fingerprint density at radius 2 is 1.24 bits per heavy atom. The summed E-state index contributed by atoms with van der Waals surface area (Å²) in [5.74, 6) is 0.200.